The van der Waals surface area contributed by atoms with E-state index in [2.05, 4.69) is 25.9 Å². The molecule has 0 amide bonds. The molecule has 0 fully saturated rings. The first-order chi connectivity index (χ1) is 10.4. The zero-order valence-electron chi connectivity index (χ0n) is 11.3. The van der Waals surface area contributed by atoms with E-state index in [0.29, 0.717) is 13.1 Å². The topological polar surface area (TPSA) is 93.7 Å². The van der Waals surface area contributed by atoms with Crippen molar-refractivity contribution in [1.82, 2.24) is 30.0 Å². The first-order valence-corrected chi connectivity index (χ1v) is 6.55. The lowest BCUT2D eigenvalue weighted by Gasteiger charge is -2.10. The van der Waals surface area contributed by atoms with E-state index in [0.717, 1.165) is 16.9 Å². The quantitative estimate of drug-likeness (QED) is 0.683. The first-order valence-electron chi connectivity index (χ1n) is 6.55. The molecular formula is C13H15N7O. The summed E-state index contributed by atoms with van der Waals surface area (Å²) in [5, 5.41) is 27.6. The molecule has 3 rings (SSSR count). The fraction of sp³-hybridized carbons (Fsp3) is 0.231. The van der Waals surface area contributed by atoms with Gasteiger partial charge in [-0.3, -0.25) is 4.68 Å². The molecule has 0 spiro atoms. The average molecular weight is 285 g/mol. The monoisotopic (exact) mass is 285 g/mol. The van der Waals surface area contributed by atoms with Gasteiger partial charge in [0.1, 0.15) is 6.33 Å². The van der Waals surface area contributed by atoms with Crippen LogP contribution in [0.15, 0.2) is 43.0 Å². The van der Waals surface area contributed by atoms with Crippen LogP contribution in [0.1, 0.15) is 5.56 Å². The smallest absolute Gasteiger partial charge is 0.143 e. The van der Waals surface area contributed by atoms with E-state index < -0.39 is 0 Å². The fourth-order valence-corrected chi connectivity index (χ4v) is 2.01. The molecular weight excluding hydrogens is 270 g/mol. The molecule has 0 saturated carbocycles. The highest BCUT2D eigenvalue weighted by molar-refractivity contribution is 5.60. The lowest BCUT2D eigenvalue weighted by Crippen LogP contribution is -2.05. The minimum Gasteiger partial charge on any atom is -0.394 e. The predicted octanol–water partition coefficient (Wildman–Crippen LogP) is 0.463. The van der Waals surface area contributed by atoms with Gasteiger partial charge in [0.2, 0.25) is 0 Å². The van der Waals surface area contributed by atoms with Crippen molar-refractivity contribution < 1.29 is 5.11 Å². The number of aromatic nitrogens is 6. The number of rotatable bonds is 6. The van der Waals surface area contributed by atoms with Gasteiger partial charge in [-0.2, -0.15) is 9.78 Å². The largest absolute Gasteiger partial charge is 0.394 e. The number of hydrogen-bond acceptors (Lipinski definition) is 6. The molecule has 0 saturated heterocycles. The van der Waals surface area contributed by atoms with Crippen molar-refractivity contribution in [2.75, 3.05) is 11.9 Å². The number of tetrazole rings is 1. The van der Waals surface area contributed by atoms with Gasteiger partial charge in [0.25, 0.3) is 0 Å². The zero-order valence-corrected chi connectivity index (χ0v) is 11.3. The fourth-order valence-electron chi connectivity index (χ4n) is 2.01. The second-order valence-electron chi connectivity index (χ2n) is 4.46. The molecule has 8 heteroatoms. The Morgan fingerprint density at radius 2 is 2.14 bits per heavy atom. The van der Waals surface area contributed by atoms with Crippen LogP contribution in [0.25, 0.3) is 5.69 Å². The summed E-state index contributed by atoms with van der Waals surface area (Å²) < 4.78 is 3.32. The van der Waals surface area contributed by atoms with Crippen LogP contribution in [0.2, 0.25) is 0 Å². The summed E-state index contributed by atoms with van der Waals surface area (Å²) in [7, 11) is 0. The van der Waals surface area contributed by atoms with Gasteiger partial charge in [-0.1, -0.05) is 12.1 Å². The molecule has 2 N–H and O–H groups in total. The Hall–Kier alpha value is -2.74. The molecule has 0 aliphatic rings. The Balaban J connectivity index is 1.73. The van der Waals surface area contributed by atoms with Crippen LogP contribution >= 0.6 is 0 Å². The van der Waals surface area contributed by atoms with Crippen molar-refractivity contribution in [3.8, 4) is 5.69 Å². The van der Waals surface area contributed by atoms with Gasteiger partial charge in [0.15, 0.2) is 0 Å². The summed E-state index contributed by atoms with van der Waals surface area (Å²) in [5.41, 5.74) is 2.85. The normalized spacial score (nSPS) is 10.7. The molecule has 2 aromatic heterocycles. The van der Waals surface area contributed by atoms with Crippen molar-refractivity contribution in [3.05, 3.63) is 48.5 Å². The van der Waals surface area contributed by atoms with E-state index in [1.165, 1.54) is 0 Å². The molecule has 1 aromatic carbocycles. The maximum atomic E-state index is 8.88. The van der Waals surface area contributed by atoms with Gasteiger partial charge in [-0.25, -0.2) is 0 Å². The van der Waals surface area contributed by atoms with Gasteiger partial charge in [-0.15, -0.1) is 5.10 Å². The van der Waals surface area contributed by atoms with Crippen molar-refractivity contribution in [2.45, 2.75) is 13.1 Å². The molecule has 0 bridgehead atoms. The molecule has 21 heavy (non-hydrogen) atoms. The van der Waals surface area contributed by atoms with Crippen LogP contribution in [0, 0.1) is 0 Å². The van der Waals surface area contributed by atoms with E-state index in [-0.39, 0.29) is 6.61 Å². The molecule has 108 valence electrons. The van der Waals surface area contributed by atoms with E-state index >= 15 is 0 Å². The van der Waals surface area contributed by atoms with Crippen LogP contribution < -0.4 is 5.32 Å². The molecule has 0 unspecified atom stereocenters. The molecule has 2 heterocycles. The standard InChI is InChI=1S/C13H15N7O/c21-6-5-19-9-11(8-16-19)7-14-12-3-1-2-4-13(12)20-10-15-17-18-20/h1-4,8-10,14,21H,5-7H2. The van der Waals surface area contributed by atoms with Crippen molar-refractivity contribution >= 4 is 5.69 Å². The number of hydrogen-bond donors (Lipinski definition) is 2. The highest BCUT2D eigenvalue weighted by atomic mass is 16.3. The predicted molar refractivity (Wildman–Crippen MR) is 75.8 cm³/mol. The highest BCUT2D eigenvalue weighted by Gasteiger charge is 2.05. The van der Waals surface area contributed by atoms with Crippen LogP contribution in [-0.4, -0.2) is 41.7 Å². The average Bonchev–Trinajstić information content (AvgIpc) is 3.17. The summed E-state index contributed by atoms with van der Waals surface area (Å²) in [6.07, 6.45) is 5.24. The van der Waals surface area contributed by atoms with Crippen LogP contribution in [0.5, 0.6) is 0 Å². The summed E-state index contributed by atoms with van der Waals surface area (Å²) >= 11 is 0. The minimum absolute atomic E-state index is 0.0800. The van der Waals surface area contributed by atoms with Gasteiger partial charge in [-0.05, 0) is 22.6 Å². The second-order valence-corrected chi connectivity index (χ2v) is 4.46. The highest BCUT2D eigenvalue weighted by Crippen LogP contribution is 2.19. The number of aliphatic hydroxyl groups excluding tert-OH is 1. The van der Waals surface area contributed by atoms with Gasteiger partial charge < -0.3 is 10.4 Å². The third kappa shape index (κ3) is 3.06. The van der Waals surface area contributed by atoms with Gasteiger partial charge in [0.05, 0.1) is 30.7 Å². The third-order valence-corrected chi connectivity index (χ3v) is 3.00. The number of nitrogens with zero attached hydrogens (tertiary/aromatic N) is 6. The summed E-state index contributed by atoms with van der Waals surface area (Å²) in [6, 6.07) is 7.79. The lowest BCUT2D eigenvalue weighted by molar-refractivity contribution is 0.269. The molecule has 0 atom stereocenters. The molecule has 8 nitrogen and oxygen atoms in total. The number of nitrogens with one attached hydrogen (secondary N) is 1. The lowest BCUT2D eigenvalue weighted by atomic mass is 10.2. The van der Waals surface area contributed by atoms with E-state index in [1.807, 2.05) is 30.5 Å². The Bertz CT molecular complexity index is 692. The van der Waals surface area contributed by atoms with Crippen LogP contribution in [0.4, 0.5) is 5.69 Å². The van der Waals surface area contributed by atoms with Gasteiger partial charge in [0, 0.05) is 18.3 Å². The summed E-state index contributed by atoms with van der Waals surface area (Å²) in [6.45, 7) is 1.21. The number of aliphatic hydroxyl groups is 1. The molecule has 0 aliphatic carbocycles. The molecule has 0 radical (unpaired) electrons. The Labute approximate surface area is 121 Å². The van der Waals surface area contributed by atoms with E-state index in [9.17, 15) is 0 Å². The zero-order chi connectivity index (χ0) is 14.5. The SMILES string of the molecule is OCCn1cc(CNc2ccccc2-n2cnnn2)cn1. The van der Waals surface area contributed by atoms with Crippen LogP contribution in [0.3, 0.4) is 0 Å². The second kappa shape index (κ2) is 6.14. The first kappa shape index (κ1) is 13.3. The van der Waals surface area contributed by atoms with Crippen molar-refractivity contribution in [1.29, 1.82) is 0 Å². The Morgan fingerprint density at radius 1 is 1.24 bits per heavy atom. The number of benzene rings is 1. The maximum absolute atomic E-state index is 8.88. The maximum Gasteiger partial charge on any atom is 0.143 e. The summed E-state index contributed by atoms with van der Waals surface area (Å²) in [5.74, 6) is 0. The van der Waals surface area contributed by atoms with E-state index in [4.69, 9.17) is 5.11 Å². The van der Waals surface area contributed by atoms with Crippen molar-refractivity contribution in [3.63, 3.8) is 0 Å². The number of anilines is 1. The van der Waals surface area contributed by atoms with E-state index in [1.54, 1.807) is 21.9 Å². The van der Waals surface area contributed by atoms with Crippen molar-refractivity contribution in [2.24, 2.45) is 0 Å². The Kier molecular flexibility index (Phi) is 3.88. The third-order valence-electron chi connectivity index (χ3n) is 3.00. The molecule has 3 aromatic rings. The molecule has 0 aliphatic heterocycles. The number of para-hydroxylation sites is 2. The minimum atomic E-state index is 0.0800. The van der Waals surface area contributed by atoms with Crippen LogP contribution in [-0.2, 0) is 13.1 Å². The van der Waals surface area contributed by atoms with Gasteiger partial charge >= 0.3 is 0 Å². The Morgan fingerprint density at radius 3 is 2.95 bits per heavy atom. The summed E-state index contributed by atoms with van der Waals surface area (Å²) in [4.78, 5) is 0.